The minimum Gasteiger partial charge on any atom is -0.383 e. The van der Waals surface area contributed by atoms with E-state index >= 15 is 0 Å². The Balaban J connectivity index is 1.60. The summed E-state index contributed by atoms with van der Waals surface area (Å²) in [5.41, 5.74) is 3.21. The summed E-state index contributed by atoms with van der Waals surface area (Å²) in [5, 5.41) is 6.61. The topological polar surface area (TPSA) is 80.3 Å². The average molecular weight is 492 g/mol. The van der Waals surface area contributed by atoms with Crippen molar-refractivity contribution in [1.29, 1.82) is 0 Å². The van der Waals surface area contributed by atoms with E-state index in [1.54, 1.807) is 25.3 Å². The maximum absolute atomic E-state index is 13.3. The van der Waals surface area contributed by atoms with Crippen LogP contribution in [0.15, 0.2) is 78.9 Å². The first kappa shape index (κ1) is 23.6. The van der Waals surface area contributed by atoms with Gasteiger partial charge in [0, 0.05) is 30.5 Å². The molecule has 0 spiro atoms. The average Bonchev–Trinajstić information content (AvgIpc) is 3.31. The Hall–Kier alpha value is -3.52. The number of halogens is 1. The van der Waals surface area contributed by atoms with Crippen LogP contribution in [0.5, 0.6) is 0 Å². The Morgan fingerprint density at radius 3 is 2.26 bits per heavy atom. The largest absolute Gasteiger partial charge is 0.383 e. The van der Waals surface area contributed by atoms with E-state index < -0.39 is 0 Å². The van der Waals surface area contributed by atoms with E-state index in [0.29, 0.717) is 35.0 Å². The molecule has 172 valence electrons. The van der Waals surface area contributed by atoms with Gasteiger partial charge in [0.25, 0.3) is 11.8 Å². The first-order valence-electron chi connectivity index (χ1n) is 10.6. The molecule has 3 aromatic carbocycles. The SMILES string of the molecule is COCCNC(=O)c1ccc(NC(=O)c2sc(-c3ccccc3)nc2-c2ccccc2)cc1Cl. The zero-order valence-electron chi connectivity index (χ0n) is 18.4. The molecule has 0 aliphatic heterocycles. The lowest BCUT2D eigenvalue weighted by molar-refractivity contribution is 0.0937. The van der Waals surface area contributed by atoms with Crippen molar-refractivity contribution in [2.24, 2.45) is 0 Å². The number of nitrogens with zero attached hydrogens (tertiary/aromatic N) is 1. The van der Waals surface area contributed by atoms with Crippen molar-refractivity contribution in [3.8, 4) is 21.8 Å². The number of amides is 2. The lowest BCUT2D eigenvalue weighted by Crippen LogP contribution is -2.27. The number of nitrogens with one attached hydrogen (secondary N) is 2. The molecule has 0 atom stereocenters. The van der Waals surface area contributed by atoms with Gasteiger partial charge in [0.1, 0.15) is 9.88 Å². The number of rotatable bonds is 8. The third kappa shape index (κ3) is 5.51. The molecule has 0 radical (unpaired) electrons. The highest BCUT2D eigenvalue weighted by Gasteiger charge is 2.21. The molecule has 0 saturated heterocycles. The van der Waals surface area contributed by atoms with Crippen molar-refractivity contribution in [3.05, 3.63) is 94.3 Å². The molecule has 1 heterocycles. The van der Waals surface area contributed by atoms with Crippen molar-refractivity contribution in [3.63, 3.8) is 0 Å². The maximum atomic E-state index is 13.3. The summed E-state index contributed by atoms with van der Waals surface area (Å²) >= 11 is 7.65. The number of anilines is 1. The molecule has 2 N–H and O–H groups in total. The normalized spacial score (nSPS) is 10.6. The summed E-state index contributed by atoms with van der Waals surface area (Å²) in [6, 6.07) is 24.1. The number of hydrogen-bond acceptors (Lipinski definition) is 5. The van der Waals surface area contributed by atoms with E-state index in [-0.39, 0.29) is 16.8 Å². The van der Waals surface area contributed by atoms with Gasteiger partial charge in [-0.3, -0.25) is 9.59 Å². The molecule has 8 heteroatoms. The Labute approximate surface area is 206 Å². The van der Waals surface area contributed by atoms with Crippen molar-refractivity contribution in [2.75, 3.05) is 25.6 Å². The van der Waals surface area contributed by atoms with Crippen molar-refractivity contribution in [2.45, 2.75) is 0 Å². The van der Waals surface area contributed by atoms with E-state index in [1.165, 1.54) is 11.3 Å². The third-order valence-corrected chi connectivity index (χ3v) is 6.38. The van der Waals surface area contributed by atoms with Gasteiger partial charge < -0.3 is 15.4 Å². The molecule has 0 saturated carbocycles. The van der Waals surface area contributed by atoms with Gasteiger partial charge in [0.15, 0.2) is 0 Å². The number of benzene rings is 3. The molecular weight excluding hydrogens is 470 g/mol. The van der Waals surface area contributed by atoms with Crippen LogP contribution in [-0.2, 0) is 4.74 Å². The van der Waals surface area contributed by atoms with E-state index in [0.717, 1.165) is 16.1 Å². The third-order valence-electron chi connectivity index (χ3n) is 4.96. The number of ether oxygens (including phenoxy) is 1. The first-order chi connectivity index (χ1) is 16.6. The predicted octanol–water partition coefficient (Wildman–Crippen LogP) is 5.76. The second-order valence-corrected chi connectivity index (χ2v) is 8.73. The molecule has 0 bridgehead atoms. The number of carbonyl (C=O) groups is 2. The van der Waals surface area contributed by atoms with E-state index in [2.05, 4.69) is 10.6 Å². The molecular formula is C26H22ClN3O3S. The second kappa shape index (κ2) is 11.1. The van der Waals surface area contributed by atoms with Gasteiger partial charge in [-0.05, 0) is 18.2 Å². The van der Waals surface area contributed by atoms with Gasteiger partial charge in [-0.1, -0.05) is 72.3 Å². The number of thiazole rings is 1. The lowest BCUT2D eigenvalue weighted by atomic mass is 10.1. The molecule has 4 aromatic rings. The minimum atomic E-state index is -0.304. The molecule has 34 heavy (non-hydrogen) atoms. The van der Waals surface area contributed by atoms with E-state index in [1.807, 2.05) is 60.7 Å². The Bertz CT molecular complexity index is 1290. The maximum Gasteiger partial charge on any atom is 0.268 e. The smallest absolute Gasteiger partial charge is 0.268 e. The van der Waals surface area contributed by atoms with E-state index in [9.17, 15) is 9.59 Å². The summed E-state index contributed by atoms with van der Waals surface area (Å²) in [4.78, 5) is 30.8. The number of carbonyl (C=O) groups excluding carboxylic acids is 2. The fourth-order valence-electron chi connectivity index (χ4n) is 3.30. The summed E-state index contributed by atoms with van der Waals surface area (Å²) < 4.78 is 4.94. The Morgan fingerprint density at radius 1 is 0.941 bits per heavy atom. The summed E-state index contributed by atoms with van der Waals surface area (Å²) in [6.07, 6.45) is 0. The van der Waals surface area contributed by atoms with Crippen LogP contribution in [0.3, 0.4) is 0 Å². The van der Waals surface area contributed by atoms with Crippen LogP contribution in [0.2, 0.25) is 5.02 Å². The minimum absolute atomic E-state index is 0.241. The number of methoxy groups -OCH3 is 1. The molecule has 0 fully saturated rings. The highest BCUT2D eigenvalue weighted by atomic mass is 35.5. The highest BCUT2D eigenvalue weighted by Crippen LogP contribution is 2.34. The number of hydrogen-bond donors (Lipinski definition) is 2. The van der Waals surface area contributed by atoms with Crippen molar-refractivity contribution >= 4 is 40.4 Å². The summed E-state index contributed by atoms with van der Waals surface area (Å²) in [6.45, 7) is 0.780. The van der Waals surface area contributed by atoms with E-state index in [4.69, 9.17) is 21.3 Å². The molecule has 1 aromatic heterocycles. The predicted molar refractivity (Wildman–Crippen MR) is 137 cm³/mol. The molecule has 4 rings (SSSR count). The van der Waals surface area contributed by atoms with Crippen LogP contribution < -0.4 is 10.6 Å². The van der Waals surface area contributed by atoms with Crippen LogP contribution in [0, 0.1) is 0 Å². The number of aromatic nitrogens is 1. The fraction of sp³-hybridized carbons (Fsp3) is 0.115. The van der Waals surface area contributed by atoms with Gasteiger partial charge >= 0.3 is 0 Å². The summed E-state index contributed by atoms with van der Waals surface area (Å²) in [7, 11) is 1.56. The summed E-state index contributed by atoms with van der Waals surface area (Å²) in [5.74, 6) is -0.604. The van der Waals surface area contributed by atoms with Gasteiger partial charge in [-0.15, -0.1) is 11.3 Å². The van der Waals surface area contributed by atoms with Crippen LogP contribution in [0.1, 0.15) is 20.0 Å². The monoisotopic (exact) mass is 491 g/mol. The van der Waals surface area contributed by atoms with Gasteiger partial charge in [-0.2, -0.15) is 0 Å². The zero-order valence-corrected chi connectivity index (χ0v) is 20.0. The first-order valence-corrected chi connectivity index (χ1v) is 11.8. The van der Waals surface area contributed by atoms with Crippen LogP contribution in [-0.4, -0.2) is 37.1 Å². The van der Waals surface area contributed by atoms with Crippen LogP contribution in [0.25, 0.3) is 21.8 Å². The van der Waals surface area contributed by atoms with Gasteiger partial charge in [0.05, 0.1) is 22.9 Å². The lowest BCUT2D eigenvalue weighted by Gasteiger charge is -2.09. The molecule has 0 aliphatic carbocycles. The van der Waals surface area contributed by atoms with Crippen molar-refractivity contribution < 1.29 is 14.3 Å². The molecule has 0 aliphatic rings. The molecule has 2 amide bonds. The van der Waals surface area contributed by atoms with Gasteiger partial charge in [0.2, 0.25) is 0 Å². The zero-order chi connectivity index (χ0) is 23.9. The van der Waals surface area contributed by atoms with Crippen LogP contribution >= 0.6 is 22.9 Å². The molecule has 6 nitrogen and oxygen atoms in total. The fourth-order valence-corrected chi connectivity index (χ4v) is 4.55. The second-order valence-electron chi connectivity index (χ2n) is 7.33. The Kier molecular flexibility index (Phi) is 7.69. The standard InChI is InChI=1S/C26H22ClN3O3S/c1-33-15-14-28-24(31)20-13-12-19(16-21(20)27)29-25(32)23-22(17-8-4-2-5-9-17)30-26(34-23)18-10-6-3-7-11-18/h2-13,16H,14-15H2,1H3,(H,28,31)(H,29,32). The quantitative estimate of drug-likeness (QED) is 0.307. The van der Waals surface area contributed by atoms with Crippen LogP contribution in [0.4, 0.5) is 5.69 Å². The highest BCUT2D eigenvalue weighted by molar-refractivity contribution is 7.17. The van der Waals surface area contributed by atoms with Gasteiger partial charge in [-0.25, -0.2) is 4.98 Å². The Morgan fingerprint density at radius 2 is 1.62 bits per heavy atom. The molecule has 0 unspecified atom stereocenters. The van der Waals surface area contributed by atoms with Crippen molar-refractivity contribution in [1.82, 2.24) is 10.3 Å².